The fourth-order valence-corrected chi connectivity index (χ4v) is 3.13. The van der Waals surface area contributed by atoms with Gasteiger partial charge in [0.25, 0.3) is 0 Å². The molecule has 0 aliphatic carbocycles. The fraction of sp³-hybridized carbons (Fsp3) is 0.467. The van der Waals surface area contributed by atoms with Crippen LogP contribution in [0.4, 0.5) is 4.39 Å². The highest BCUT2D eigenvalue weighted by Crippen LogP contribution is 2.26. The molecular weight excluding hydrogens is 309 g/mol. The zero-order valence-electron chi connectivity index (χ0n) is 12.2. The van der Waals surface area contributed by atoms with Gasteiger partial charge in [0.05, 0.1) is 15.6 Å². The molecule has 6 heteroatoms. The minimum Gasteiger partial charge on any atom is -0.309 e. The molecule has 0 amide bonds. The van der Waals surface area contributed by atoms with Crippen molar-refractivity contribution in [3.8, 4) is 0 Å². The molecule has 21 heavy (non-hydrogen) atoms. The molecule has 0 saturated carbocycles. The molecule has 1 unspecified atom stereocenters. The van der Waals surface area contributed by atoms with Gasteiger partial charge in [0, 0.05) is 6.04 Å². The standard InChI is InChI=1S/C15H19ClFN3S/c1-3-7-18-14(15-13(4-2)19-20-21-15)9-10-5-6-11(16)12(17)8-10/h5-6,8,14,18H,3-4,7,9H2,1-2H3. The van der Waals surface area contributed by atoms with Gasteiger partial charge in [0.2, 0.25) is 0 Å². The quantitative estimate of drug-likeness (QED) is 0.829. The number of rotatable bonds is 7. The van der Waals surface area contributed by atoms with Crippen molar-refractivity contribution < 1.29 is 4.39 Å². The first-order valence-corrected chi connectivity index (χ1v) is 8.29. The first kappa shape index (κ1) is 16.3. The molecule has 1 atom stereocenters. The Balaban J connectivity index is 2.21. The number of hydrogen-bond acceptors (Lipinski definition) is 4. The van der Waals surface area contributed by atoms with Crippen LogP contribution in [-0.2, 0) is 12.8 Å². The van der Waals surface area contributed by atoms with E-state index < -0.39 is 0 Å². The molecule has 1 aromatic carbocycles. The Bertz CT molecular complexity index is 588. The monoisotopic (exact) mass is 327 g/mol. The predicted molar refractivity (Wildman–Crippen MR) is 85.4 cm³/mol. The molecule has 0 fully saturated rings. The van der Waals surface area contributed by atoms with E-state index in [-0.39, 0.29) is 16.9 Å². The lowest BCUT2D eigenvalue weighted by Crippen LogP contribution is -2.24. The van der Waals surface area contributed by atoms with Crippen LogP contribution in [0.25, 0.3) is 0 Å². The van der Waals surface area contributed by atoms with Crippen molar-refractivity contribution >= 4 is 23.1 Å². The Morgan fingerprint density at radius 1 is 1.38 bits per heavy atom. The normalized spacial score (nSPS) is 12.6. The van der Waals surface area contributed by atoms with Crippen LogP contribution in [-0.4, -0.2) is 16.1 Å². The summed E-state index contributed by atoms with van der Waals surface area (Å²) in [6, 6.07) is 5.09. The van der Waals surface area contributed by atoms with Gasteiger partial charge in [-0.1, -0.05) is 36.0 Å². The van der Waals surface area contributed by atoms with Crippen LogP contribution in [0.2, 0.25) is 5.02 Å². The number of nitrogens with zero attached hydrogens (tertiary/aromatic N) is 2. The van der Waals surface area contributed by atoms with Crippen molar-refractivity contribution in [1.82, 2.24) is 14.9 Å². The van der Waals surface area contributed by atoms with Crippen LogP contribution in [0.1, 0.15) is 42.4 Å². The Morgan fingerprint density at radius 2 is 2.19 bits per heavy atom. The summed E-state index contributed by atoms with van der Waals surface area (Å²) in [5.74, 6) is -0.374. The van der Waals surface area contributed by atoms with E-state index in [9.17, 15) is 4.39 Å². The third kappa shape index (κ3) is 4.22. The average Bonchev–Trinajstić information content (AvgIpc) is 2.95. The maximum atomic E-state index is 13.6. The van der Waals surface area contributed by atoms with Gasteiger partial charge in [-0.05, 0) is 55.0 Å². The predicted octanol–water partition coefficient (Wildman–Crippen LogP) is 4.18. The van der Waals surface area contributed by atoms with E-state index in [2.05, 4.69) is 28.8 Å². The van der Waals surface area contributed by atoms with Crippen molar-refractivity contribution in [2.24, 2.45) is 0 Å². The molecule has 3 nitrogen and oxygen atoms in total. The summed E-state index contributed by atoms with van der Waals surface area (Å²) >= 11 is 7.16. The van der Waals surface area contributed by atoms with E-state index >= 15 is 0 Å². The summed E-state index contributed by atoms with van der Waals surface area (Å²) < 4.78 is 17.6. The lowest BCUT2D eigenvalue weighted by molar-refractivity contribution is 0.530. The molecule has 2 aromatic rings. The Morgan fingerprint density at radius 3 is 2.86 bits per heavy atom. The third-order valence-corrected chi connectivity index (χ3v) is 4.49. The van der Waals surface area contributed by atoms with Crippen LogP contribution in [0.3, 0.4) is 0 Å². The molecule has 0 radical (unpaired) electrons. The second-order valence-electron chi connectivity index (χ2n) is 4.90. The molecule has 0 saturated heterocycles. The molecule has 114 valence electrons. The van der Waals surface area contributed by atoms with E-state index in [4.69, 9.17) is 11.6 Å². The van der Waals surface area contributed by atoms with E-state index in [1.165, 1.54) is 17.6 Å². The number of aryl methyl sites for hydroxylation is 1. The largest absolute Gasteiger partial charge is 0.309 e. The summed E-state index contributed by atoms with van der Waals surface area (Å²) in [6.45, 7) is 5.10. The van der Waals surface area contributed by atoms with Crippen molar-refractivity contribution in [3.63, 3.8) is 0 Å². The molecular formula is C15H19ClFN3S. The third-order valence-electron chi connectivity index (χ3n) is 3.30. The summed E-state index contributed by atoms with van der Waals surface area (Å²) in [4.78, 5) is 1.14. The molecule has 2 rings (SSSR count). The van der Waals surface area contributed by atoms with Crippen molar-refractivity contribution in [2.75, 3.05) is 6.54 Å². The zero-order valence-corrected chi connectivity index (χ0v) is 13.8. The lowest BCUT2D eigenvalue weighted by atomic mass is 10.0. The van der Waals surface area contributed by atoms with Gasteiger partial charge in [-0.2, -0.15) is 0 Å². The Kier molecular flexibility index (Phi) is 6.08. The van der Waals surface area contributed by atoms with Crippen LogP contribution in [0.15, 0.2) is 18.2 Å². The van der Waals surface area contributed by atoms with Crippen LogP contribution < -0.4 is 5.32 Å². The SMILES string of the molecule is CCCNC(Cc1ccc(Cl)c(F)c1)c1snnc1CC. The minimum atomic E-state index is -0.374. The van der Waals surface area contributed by atoms with Gasteiger partial charge in [0.15, 0.2) is 0 Å². The summed E-state index contributed by atoms with van der Waals surface area (Å²) in [6.07, 6.45) is 2.59. The van der Waals surface area contributed by atoms with Crippen LogP contribution in [0, 0.1) is 5.82 Å². The number of nitrogens with one attached hydrogen (secondary N) is 1. The van der Waals surface area contributed by atoms with Gasteiger partial charge in [-0.25, -0.2) is 4.39 Å². The van der Waals surface area contributed by atoms with Crippen LogP contribution in [0.5, 0.6) is 0 Å². The fourth-order valence-electron chi connectivity index (χ4n) is 2.20. The number of benzene rings is 1. The van der Waals surface area contributed by atoms with Gasteiger partial charge in [0.1, 0.15) is 5.82 Å². The smallest absolute Gasteiger partial charge is 0.142 e. The maximum Gasteiger partial charge on any atom is 0.142 e. The number of hydrogen-bond donors (Lipinski definition) is 1. The molecule has 1 N–H and O–H groups in total. The first-order chi connectivity index (χ1) is 10.2. The van der Waals surface area contributed by atoms with Gasteiger partial charge in [-0.3, -0.25) is 0 Å². The van der Waals surface area contributed by atoms with Gasteiger partial charge >= 0.3 is 0 Å². The Hall–Kier alpha value is -1.04. The van der Waals surface area contributed by atoms with E-state index in [1.807, 2.05) is 6.07 Å². The molecule has 0 spiro atoms. The number of halogens is 2. The highest BCUT2D eigenvalue weighted by atomic mass is 35.5. The zero-order chi connectivity index (χ0) is 15.2. The van der Waals surface area contributed by atoms with Gasteiger partial charge < -0.3 is 5.32 Å². The van der Waals surface area contributed by atoms with Crippen molar-refractivity contribution in [2.45, 2.75) is 39.2 Å². The summed E-state index contributed by atoms with van der Waals surface area (Å²) in [5, 5.41) is 7.83. The number of aromatic nitrogens is 2. The average molecular weight is 328 g/mol. The molecule has 1 aromatic heterocycles. The molecule has 0 aliphatic rings. The van der Waals surface area contributed by atoms with Crippen molar-refractivity contribution in [1.29, 1.82) is 0 Å². The van der Waals surface area contributed by atoms with Crippen LogP contribution >= 0.6 is 23.1 Å². The van der Waals surface area contributed by atoms with Crippen molar-refractivity contribution in [3.05, 3.63) is 45.2 Å². The summed E-state index contributed by atoms with van der Waals surface area (Å²) in [5.41, 5.74) is 1.93. The van der Waals surface area contributed by atoms with Gasteiger partial charge in [-0.15, -0.1) is 5.10 Å². The van der Waals surface area contributed by atoms with E-state index in [0.717, 1.165) is 35.5 Å². The Labute approximate surface area is 133 Å². The molecule has 0 bridgehead atoms. The summed E-state index contributed by atoms with van der Waals surface area (Å²) in [7, 11) is 0. The highest BCUT2D eigenvalue weighted by molar-refractivity contribution is 7.05. The highest BCUT2D eigenvalue weighted by Gasteiger charge is 2.19. The molecule has 1 heterocycles. The second-order valence-corrected chi connectivity index (χ2v) is 6.09. The molecule has 0 aliphatic heterocycles. The van der Waals surface area contributed by atoms with E-state index in [0.29, 0.717) is 6.42 Å². The lowest BCUT2D eigenvalue weighted by Gasteiger charge is -2.18. The maximum absolute atomic E-state index is 13.6. The minimum absolute atomic E-state index is 0.112. The van der Waals surface area contributed by atoms with E-state index in [1.54, 1.807) is 6.07 Å². The second kappa shape index (κ2) is 7.82. The topological polar surface area (TPSA) is 37.8 Å². The first-order valence-electron chi connectivity index (χ1n) is 7.14.